The lowest BCUT2D eigenvalue weighted by molar-refractivity contribution is 0.0650. The van der Waals surface area contributed by atoms with Crippen LogP contribution in [0.1, 0.15) is 73.6 Å². The lowest BCUT2D eigenvalue weighted by Gasteiger charge is -2.30. The molecule has 7 heteroatoms. The van der Waals surface area contributed by atoms with Gasteiger partial charge in [0.25, 0.3) is 5.91 Å². The molecule has 0 atom stereocenters. The van der Waals surface area contributed by atoms with E-state index in [-0.39, 0.29) is 11.6 Å². The number of fused-ring (bicyclic) bond motifs is 1. The van der Waals surface area contributed by atoms with Crippen LogP contribution in [0.25, 0.3) is 11.0 Å². The smallest absolute Gasteiger partial charge is 0.257 e. The first-order chi connectivity index (χ1) is 15.5. The number of aromatic nitrogens is 2. The summed E-state index contributed by atoms with van der Waals surface area (Å²) in [7, 11) is 0. The highest BCUT2D eigenvalue weighted by Gasteiger charge is 2.32. The summed E-state index contributed by atoms with van der Waals surface area (Å²) in [6, 6.07) is 9.17. The van der Waals surface area contributed by atoms with E-state index in [1.807, 2.05) is 18.2 Å². The summed E-state index contributed by atoms with van der Waals surface area (Å²) < 4.78 is 30.2. The molecule has 168 valence electrons. The van der Waals surface area contributed by atoms with Crippen molar-refractivity contribution in [3.8, 4) is 0 Å². The summed E-state index contributed by atoms with van der Waals surface area (Å²) >= 11 is 6.30. The number of carbonyl (C=O) groups is 1. The molecule has 2 aliphatic carbocycles. The quantitative estimate of drug-likeness (QED) is 0.429. The molecule has 2 fully saturated rings. The number of hydrogen-bond donors (Lipinski definition) is 0. The molecular weight excluding hydrogens is 432 g/mol. The molecule has 2 aromatic carbocycles. The van der Waals surface area contributed by atoms with Gasteiger partial charge in [0, 0.05) is 23.2 Å². The van der Waals surface area contributed by atoms with Crippen molar-refractivity contribution in [1.82, 2.24) is 14.5 Å². The van der Waals surface area contributed by atoms with Crippen LogP contribution in [-0.2, 0) is 6.54 Å². The number of nitrogens with zero attached hydrogens (tertiary/aromatic N) is 3. The van der Waals surface area contributed by atoms with E-state index >= 15 is 0 Å². The number of imidazole rings is 1. The zero-order valence-electron chi connectivity index (χ0n) is 17.9. The molecule has 3 aromatic rings. The molecule has 0 unspecified atom stereocenters. The number of rotatable bonds is 5. The second kappa shape index (κ2) is 8.81. The molecule has 0 bridgehead atoms. The van der Waals surface area contributed by atoms with Crippen molar-refractivity contribution < 1.29 is 13.6 Å². The predicted molar refractivity (Wildman–Crippen MR) is 121 cm³/mol. The molecule has 1 amide bonds. The van der Waals surface area contributed by atoms with Gasteiger partial charge in [-0.3, -0.25) is 4.79 Å². The summed E-state index contributed by atoms with van der Waals surface area (Å²) in [5, 5.41) is 0.653. The largest absolute Gasteiger partial charge is 0.328 e. The number of carbonyl (C=O) groups excluding carboxylic acids is 1. The summed E-state index contributed by atoms with van der Waals surface area (Å²) in [4.78, 5) is 20.1. The second-order valence-corrected chi connectivity index (χ2v) is 9.40. The summed E-state index contributed by atoms with van der Waals surface area (Å²) in [5.74, 6) is -1.12. The van der Waals surface area contributed by atoms with Gasteiger partial charge in [0.05, 0.1) is 23.1 Å². The minimum atomic E-state index is -0.825. The van der Waals surface area contributed by atoms with E-state index < -0.39 is 17.5 Å². The van der Waals surface area contributed by atoms with Gasteiger partial charge in [-0.05, 0) is 56.0 Å². The van der Waals surface area contributed by atoms with Crippen molar-refractivity contribution in [1.29, 1.82) is 0 Å². The predicted octanol–water partition coefficient (Wildman–Crippen LogP) is 6.67. The molecule has 1 aromatic heterocycles. The van der Waals surface area contributed by atoms with Crippen molar-refractivity contribution in [2.24, 2.45) is 0 Å². The molecule has 0 saturated heterocycles. The highest BCUT2D eigenvalue weighted by Crippen LogP contribution is 2.36. The van der Waals surface area contributed by atoms with Crippen LogP contribution in [-0.4, -0.2) is 26.4 Å². The van der Waals surface area contributed by atoms with Gasteiger partial charge < -0.3 is 9.47 Å². The lowest BCUT2D eigenvalue weighted by atomic mass is 10.1. The maximum atomic E-state index is 14.5. The van der Waals surface area contributed by atoms with E-state index in [1.54, 1.807) is 4.90 Å². The zero-order chi connectivity index (χ0) is 22.2. The van der Waals surface area contributed by atoms with Crippen molar-refractivity contribution in [3.63, 3.8) is 0 Å². The van der Waals surface area contributed by atoms with Crippen LogP contribution in [0.5, 0.6) is 0 Å². The monoisotopic (exact) mass is 457 g/mol. The van der Waals surface area contributed by atoms with Crippen molar-refractivity contribution in [2.75, 3.05) is 0 Å². The normalized spacial score (nSPS) is 17.5. The topological polar surface area (TPSA) is 38.1 Å². The SMILES string of the molecule is O=C(c1ccc(F)cc1F)N(Cc1nc2ccc(Cl)cc2n1C1CCCC1)C1CCCC1. The first kappa shape index (κ1) is 21.4. The molecular formula is C25H26ClF2N3O. The fourth-order valence-electron chi connectivity index (χ4n) is 5.35. The van der Waals surface area contributed by atoms with E-state index in [4.69, 9.17) is 16.6 Å². The Morgan fingerprint density at radius 3 is 2.47 bits per heavy atom. The van der Waals surface area contributed by atoms with Gasteiger partial charge in [0.15, 0.2) is 0 Å². The fraction of sp³-hybridized carbons (Fsp3) is 0.440. The summed E-state index contributed by atoms with van der Waals surface area (Å²) in [6.45, 7) is 0.295. The summed E-state index contributed by atoms with van der Waals surface area (Å²) in [6.07, 6.45) is 8.29. The van der Waals surface area contributed by atoms with Gasteiger partial charge in [0.2, 0.25) is 0 Å². The lowest BCUT2D eigenvalue weighted by Crippen LogP contribution is -2.39. The van der Waals surface area contributed by atoms with Crippen molar-refractivity contribution in [2.45, 2.75) is 70.0 Å². The maximum Gasteiger partial charge on any atom is 0.257 e. The fourth-order valence-corrected chi connectivity index (χ4v) is 5.52. The number of amides is 1. The van der Waals surface area contributed by atoms with Crippen LogP contribution in [0, 0.1) is 11.6 Å². The minimum Gasteiger partial charge on any atom is -0.328 e. The first-order valence-electron chi connectivity index (χ1n) is 11.4. The Hall–Kier alpha value is -2.47. The Morgan fingerprint density at radius 2 is 1.75 bits per heavy atom. The molecule has 5 rings (SSSR count). The molecule has 4 nitrogen and oxygen atoms in total. The Kier molecular flexibility index (Phi) is 5.89. The molecule has 2 aliphatic rings. The van der Waals surface area contributed by atoms with Gasteiger partial charge in [-0.1, -0.05) is 37.3 Å². The van der Waals surface area contributed by atoms with Gasteiger partial charge in [0.1, 0.15) is 17.5 Å². The van der Waals surface area contributed by atoms with Crippen molar-refractivity contribution >= 4 is 28.5 Å². The average Bonchev–Trinajstić information content (AvgIpc) is 3.52. The van der Waals surface area contributed by atoms with Crippen LogP contribution < -0.4 is 0 Å². The molecule has 2 saturated carbocycles. The van der Waals surface area contributed by atoms with Gasteiger partial charge >= 0.3 is 0 Å². The Morgan fingerprint density at radius 1 is 1.03 bits per heavy atom. The van der Waals surface area contributed by atoms with Crippen LogP contribution in [0.2, 0.25) is 5.02 Å². The highest BCUT2D eigenvalue weighted by atomic mass is 35.5. The number of benzene rings is 2. The van der Waals surface area contributed by atoms with Crippen LogP contribution >= 0.6 is 11.6 Å². The molecule has 32 heavy (non-hydrogen) atoms. The molecule has 0 aliphatic heterocycles. The molecule has 0 radical (unpaired) electrons. The van der Waals surface area contributed by atoms with Gasteiger partial charge in [-0.2, -0.15) is 0 Å². The first-order valence-corrected chi connectivity index (χ1v) is 11.8. The van der Waals surface area contributed by atoms with Gasteiger partial charge in [-0.25, -0.2) is 13.8 Å². The van der Waals surface area contributed by atoms with Crippen molar-refractivity contribution in [3.05, 3.63) is 64.4 Å². The Bertz CT molecular complexity index is 1150. The molecule has 0 spiro atoms. The van der Waals surface area contributed by atoms with Crippen LogP contribution in [0.15, 0.2) is 36.4 Å². The Balaban J connectivity index is 1.56. The van der Waals surface area contributed by atoms with E-state index in [0.29, 0.717) is 17.6 Å². The van der Waals surface area contributed by atoms with E-state index in [0.717, 1.165) is 80.4 Å². The minimum absolute atomic E-state index is 0.0207. The van der Waals surface area contributed by atoms with E-state index in [9.17, 15) is 13.6 Å². The van der Waals surface area contributed by atoms with Crippen LogP contribution in [0.3, 0.4) is 0 Å². The Labute approximate surface area is 191 Å². The highest BCUT2D eigenvalue weighted by molar-refractivity contribution is 6.31. The summed E-state index contributed by atoms with van der Waals surface area (Å²) in [5.41, 5.74) is 1.74. The third-order valence-electron chi connectivity index (χ3n) is 6.91. The number of hydrogen-bond acceptors (Lipinski definition) is 2. The van der Waals surface area contributed by atoms with Crippen LogP contribution in [0.4, 0.5) is 8.78 Å². The van der Waals surface area contributed by atoms with E-state index in [2.05, 4.69) is 4.57 Å². The van der Waals surface area contributed by atoms with Gasteiger partial charge in [-0.15, -0.1) is 0 Å². The molecule has 1 heterocycles. The standard InChI is InChI=1S/C25H26ClF2N3O/c26-16-9-12-22-23(13-16)31(19-7-3-4-8-19)24(29-22)15-30(18-5-1-2-6-18)25(32)20-11-10-17(27)14-21(20)28/h9-14,18-19H,1-8,15H2. The average molecular weight is 458 g/mol. The second-order valence-electron chi connectivity index (χ2n) is 8.96. The molecule has 0 N–H and O–H groups in total. The zero-order valence-corrected chi connectivity index (χ0v) is 18.6. The third-order valence-corrected chi connectivity index (χ3v) is 7.15. The third kappa shape index (κ3) is 4.01. The maximum absolute atomic E-state index is 14.5. The number of halogens is 3. The van der Waals surface area contributed by atoms with E-state index in [1.165, 1.54) is 6.07 Å².